The lowest BCUT2D eigenvalue weighted by molar-refractivity contribution is 0.00934. The number of hydrogen-bond acceptors (Lipinski definition) is 5. The molecule has 2 aromatic carbocycles. The van der Waals surface area contributed by atoms with Crippen LogP contribution in [0.15, 0.2) is 47.4 Å². The fourth-order valence-electron chi connectivity index (χ4n) is 4.86. The number of rotatable bonds is 9. The van der Waals surface area contributed by atoms with Gasteiger partial charge in [0.25, 0.3) is 0 Å². The van der Waals surface area contributed by atoms with Crippen LogP contribution in [0.2, 0.25) is 18.1 Å². The Labute approximate surface area is 221 Å². The summed E-state index contributed by atoms with van der Waals surface area (Å²) in [5.74, 6) is 0.839. The fourth-order valence-corrected chi connectivity index (χ4v) is 7.27. The third-order valence-electron chi connectivity index (χ3n) is 8.03. The van der Waals surface area contributed by atoms with E-state index in [2.05, 4.69) is 93.6 Å². The first-order chi connectivity index (χ1) is 17.0. The minimum Gasteiger partial charge on any atom is -0.497 e. The van der Waals surface area contributed by atoms with Crippen molar-refractivity contribution < 1.29 is 14.3 Å². The number of aliphatic hydroxyl groups is 1. The van der Waals surface area contributed by atoms with Gasteiger partial charge in [0.1, 0.15) is 12.0 Å². The van der Waals surface area contributed by atoms with E-state index in [1.54, 1.807) is 18.9 Å². The third kappa shape index (κ3) is 4.88. The maximum absolute atomic E-state index is 11.6. The van der Waals surface area contributed by atoms with Crippen LogP contribution in [0.5, 0.6) is 5.75 Å². The quantitative estimate of drug-likeness (QED) is 0.237. The topological polar surface area (TPSA) is 46.9 Å². The van der Waals surface area contributed by atoms with Gasteiger partial charge in [-0.05, 0) is 49.4 Å². The molecule has 4 rings (SSSR count). The van der Waals surface area contributed by atoms with Crippen molar-refractivity contribution in [1.29, 1.82) is 0 Å². The Morgan fingerprint density at radius 2 is 1.81 bits per heavy atom. The molecule has 0 radical (unpaired) electrons. The molecule has 0 spiro atoms. The number of ether oxygens (including phenoxy) is 1. The number of methoxy groups -OCH3 is 1. The maximum Gasteiger partial charge on any atom is 0.192 e. The molecule has 1 aliphatic rings. The van der Waals surface area contributed by atoms with Crippen LogP contribution < -0.4 is 4.74 Å². The Morgan fingerprint density at radius 3 is 2.44 bits per heavy atom. The highest BCUT2D eigenvalue weighted by Crippen LogP contribution is 2.54. The summed E-state index contributed by atoms with van der Waals surface area (Å²) in [5, 5.41) is 12.9. The first kappa shape index (κ1) is 27.3. The van der Waals surface area contributed by atoms with Gasteiger partial charge in [-0.2, -0.15) is 0 Å². The average Bonchev–Trinajstić information content (AvgIpc) is 3.17. The summed E-state index contributed by atoms with van der Waals surface area (Å²) in [5.41, 5.74) is 4.76. The monoisotopic (exact) mass is 526 g/mol. The number of aromatic nitrogens is 1. The minimum atomic E-state index is -1.88. The number of aliphatic hydroxyl groups excluding tert-OH is 1. The van der Waals surface area contributed by atoms with Gasteiger partial charge in [-0.15, -0.1) is 11.8 Å². The molecule has 1 aliphatic heterocycles. The molecule has 2 unspecified atom stereocenters. The summed E-state index contributed by atoms with van der Waals surface area (Å²) in [7, 11) is -0.161. The largest absolute Gasteiger partial charge is 0.497 e. The van der Waals surface area contributed by atoms with E-state index in [0.29, 0.717) is 6.61 Å². The van der Waals surface area contributed by atoms with Crippen molar-refractivity contribution in [1.82, 2.24) is 9.47 Å². The van der Waals surface area contributed by atoms with Crippen LogP contribution in [0.25, 0.3) is 22.2 Å². The van der Waals surface area contributed by atoms with Crippen LogP contribution in [0.3, 0.4) is 0 Å². The van der Waals surface area contributed by atoms with Gasteiger partial charge in [0, 0.05) is 34.0 Å². The Hall–Kier alpha value is -1.77. The molecule has 0 saturated carbocycles. The van der Waals surface area contributed by atoms with Gasteiger partial charge in [-0.25, -0.2) is 0 Å². The molecule has 0 aliphatic carbocycles. The number of nitrogens with zero attached hydrogens (tertiary/aromatic N) is 2. The molecule has 1 N–H and O–H groups in total. The zero-order chi connectivity index (χ0) is 26.3. The first-order valence-electron chi connectivity index (χ1n) is 13.1. The van der Waals surface area contributed by atoms with E-state index in [1.165, 1.54) is 27.1 Å². The molecule has 36 heavy (non-hydrogen) atoms. The number of likely N-dealkylation sites (N-methyl/N-ethyl adjacent to an activating group) is 1. The molecule has 196 valence electrons. The molecule has 0 fully saturated rings. The second-order valence-electron chi connectivity index (χ2n) is 11.1. The van der Waals surface area contributed by atoms with Gasteiger partial charge in [-0.3, -0.25) is 4.90 Å². The van der Waals surface area contributed by atoms with Gasteiger partial charge in [0.05, 0.1) is 30.2 Å². The molecule has 0 amide bonds. The zero-order valence-electron chi connectivity index (χ0n) is 23.1. The fraction of sp³-hybridized carbons (Fsp3) is 0.517. The van der Waals surface area contributed by atoms with Gasteiger partial charge in [0.15, 0.2) is 8.32 Å². The van der Waals surface area contributed by atoms with E-state index in [4.69, 9.17) is 9.16 Å². The van der Waals surface area contributed by atoms with Gasteiger partial charge < -0.3 is 18.8 Å². The standard InChI is InChI=1S/C29H42N2O3SSi/c1-9-30(10-2)28(32)27-25-21-16-15-20(33-6)19-23(21)31(17-18-34-36(7,8)29(3,4)5)26(25)22-13-11-12-14-24(22)35-27/h11-16,19,27-28,32H,9-10,17-18H2,1-8H3. The predicted octanol–water partition coefficient (Wildman–Crippen LogP) is 7.15. The number of hydrogen-bond donors (Lipinski definition) is 1. The second-order valence-corrected chi connectivity index (χ2v) is 17.1. The normalized spacial score (nSPS) is 16.8. The highest BCUT2D eigenvalue weighted by atomic mass is 32.2. The van der Waals surface area contributed by atoms with Crippen LogP contribution in [-0.4, -0.2) is 55.9 Å². The molecule has 1 aromatic heterocycles. The summed E-state index contributed by atoms with van der Waals surface area (Å²) in [6.07, 6.45) is -0.582. The lowest BCUT2D eigenvalue weighted by atomic mass is 10.00. The van der Waals surface area contributed by atoms with E-state index in [1.807, 2.05) is 6.07 Å². The maximum atomic E-state index is 11.6. The second kappa shape index (κ2) is 10.5. The molecule has 0 bridgehead atoms. The van der Waals surface area contributed by atoms with Gasteiger partial charge in [0.2, 0.25) is 0 Å². The summed E-state index contributed by atoms with van der Waals surface area (Å²) in [6.45, 7) is 18.7. The highest BCUT2D eigenvalue weighted by molar-refractivity contribution is 7.99. The molecular weight excluding hydrogens is 484 g/mol. The van der Waals surface area contributed by atoms with Crippen LogP contribution >= 0.6 is 11.8 Å². The van der Waals surface area contributed by atoms with E-state index in [9.17, 15) is 5.11 Å². The lowest BCUT2D eigenvalue weighted by Gasteiger charge is -2.36. The van der Waals surface area contributed by atoms with Crippen molar-refractivity contribution in [3.63, 3.8) is 0 Å². The van der Waals surface area contributed by atoms with Gasteiger partial charge >= 0.3 is 0 Å². The first-order valence-corrected chi connectivity index (χ1v) is 16.8. The Kier molecular flexibility index (Phi) is 7.98. The number of benzene rings is 2. The summed E-state index contributed by atoms with van der Waals surface area (Å²) >= 11 is 1.78. The molecular formula is C29H42N2O3SSi. The van der Waals surface area contributed by atoms with Crippen molar-refractivity contribution in [3.05, 3.63) is 48.0 Å². The lowest BCUT2D eigenvalue weighted by Crippen LogP contribution is -2.41. The van der Waals surface area contributed by atoms with Crippen LogP contribution in [-0.2, 0) is 11.0 Å². The van der Waals surface area contributed by atoms with Crippen molar-refractivity contribution in [2.75, 3.05) is 26.8 Å². The SMILES string of the molecule is CCN(CC)C(O)C1Sc2ccccc2-c2c1c1ccc(OC)cc1n2CCO[Si](C)(C)C(C)(C)C. The van der Waals surface area contributed by atoms with Crippen molar-refractivity contribution in [2.24, 2.45) is 0 Å². The van der Waals surface area contributed by atoms with Crippen LogP contribution in [0, 0.1) is 0 Å². The average molecular weight is 527 g/mol. The van der Waals surface area contributed by atoms with Crippen molar-refractivity contribution in [2.45, 2.75) is 75.7 Å². The molecule has 0 saturated heterocycles. The van der Waals surface area contributed by atoms with Crippen molar-refractivity contribution >= 4 is 31.0 Å². The Bertz CT molecular complexity index is 1210. The minimum absolute atomic E-state index is 0.0896. The Balaban J connectivity index is 1.88. The molecule has 2 atom stereocenters. The van der Waals surface area contributed by atoms with E-state index >= 15 is 0 Å². The van der Waals surface area contributed by atoms with Crippen LogP contribution in [0.4, 0.5) is 0 Å². The molecule has 7 heteroatoms. The summed E-state index contributed by atoms with van der Waals surface area (Å²) in [4.78, 5) is 3.35. The predicted molar refractivity (Wildman–Crippen MR) is 155 cm³/mol. The highest BCUT2D eigenvalue weighted by Gasteiger charge is 2.39. The number of thioether (sulfide) groups is 1. The molecule has 3 aromatic rings. The van der Waals surface area contributed by atoms with E-state index in [-0.39, 0.29) is 10.3 Å². The van der Waals surface area contributed by atoms with Crippen molar-refractivity contribution in [3.8, 4) is 17.0 Å². The zero-order valence-corrected chi connectivity index (χ0v) is 24.9. The smallest absolute Gasteiger partial charge is 0.192 e. The summed E-state index contributed by atoms with van der Waals surface area (Å²) < 4.78 is 14.7. The summed E-state index contributed by atoms with van der Waals surface area (Å²) in [6, 6.07) is 14.9. The van der Waals surface area contributed by atoms with E-state index < -0.39 is 14.5 Å². The molecule has 5 nitrogen and oxygen atoms in total. The Morgan fingerprint density at radius 1 is 1.11 bits per heavy atom. The third-order valence-corrected chi connectivity index (χ3v) is 13.9. The van der Waals surface area contributed by atoms with E-state index in [0.717, 1.165) is 30.9 Å². The van der Waals surface area contributed by atoms with Gasteiger partial charge in [-0.1, -0.05) is 52.8 Å². The van der Waals surface area contributed by atoms with Crippen LogP contribution in [0.1, 0.15) is 45.4 Å². The molecule has 2 heterocycles. The number of fused-ring (bicyclic) bond motifs is 5.